The van der Waals surface area contributed by atoms with Gasteiger partial charge in [0.25, 0.3) is 5.91 Å². The van der Waals surface area contributed by atoms with Gasteiger partial charge in [0.1, 0.15) is 4.88 Å². The second kappa shape index (κ2) is 7.23. The molecule has 0 fully saturated rings. The topological polar surface area (TPSA) is 54.9 Å². The van der Waals surface area contributed by atoms with Crippen LogP contribution in [0.15, 0.2) is 30.3 Å². The Balaban J connectivity index is 1.62. The Hall–Kier alpha value is -2.05. The zero-order valence-electron chi connectivity index (χ0n) is 13.9. The monoisotopic (exact) mass is 357 g/mol. The third-order valence-electron chi connectivity index (χ3n) is 3.62. The number of thiazole rings is 2. The van der Waals surface area contributed by atoms with Gasteiger partial charge in [-0.25, -0.2) is 9.97 Å². The van der Waals surface area contributed by atoms with Crippen molar-refractivity contribution in [2.75, 3.05) is 6.54 Å². The van der Waals surface area contributed by atoms with E-state index in [-0.39, 0.29) is 5.91 Å². The van der Waals surface area contributed by atoms with Crippen LogP contribution in [0.25, 0.3) is 11.3 Å². The van der Waals surface area contributed by atoms with E-state index < -0.39 is 0 Å². The molecular weight excluding hydrogens is 338 g/mol. The average molecular weight is 358 g/mol. The van der Waals surface area contributed by atoms with Crippen molar-refractivity contribution in [1.29, 1.82) is 0 Å². The molecule has 0 saturated heterocycles. The average Bonchev–Trinajstić information content (AvgIpc) is 3.10. The van der Waals surface area contributed by atoms with E-state index in [1.165, 1.54) is 16.2 Å². The van der Waals surface area contributed by atoms with Crippen LogP contribution in [0.1, 0.15) is 30.3 Å². The van der Waals surface area contributed by atoms with Gasteiger partial charge in [-0.2, -0.15) is 0 Å². The van der Waals surface area contributed by atoms with Gasteiger partial charge in [0.15, 0.2) is 0 Å². The first-order chi connectivity index (χ1) is 11.5. The smallest absolute Gasteiger partial charge is 0.263 e. The predicted molar refractivity (Wildman–Crippen MR) is 99.9 cm³/mol. The number of hydrogen-bond donors (Lipinski definition) is 1. The molecule has 0 aliphatic carbocycles. The van der Waals surface area contributed by atoms with Gasteiger partial charge in [-0.05, 0) is 20.8 Å². The van der Waals surface area contributed by atoms with E-state index in [9.17, 15) is 4.79 Å². The number of benzene rings is 1. The first-order valence-electron chi connectivity index (χ1n) is 7.78. The normalized spacial score (nSPS) is 10.8. The number of rotatable bonds is 5. The maximum atomic E-state index is 12.2. The molecule has 1 amide bonds. The summed E-state index contributed by atoms with van der Waals surface area (Å²) in [5.41, 5.74) is 2.97. The number of aryl methyl sites for hydroxylation is 3. The zero-order valence-corrected chi connectivity index (χ0v) is 15.6. The van der Waals surface area contributed by atoms with Crippen molar-refractivity contribution >= 4 is 28.6 Å². The molecule has 0 spiro atoms. The summed E-state index contributed by atoms with van der Waals surface area (Å²) in [4.78, 5) is 23.1. The van der Waals surface area contributed by atoms with Crippen molar-refractivity contribution in [2.45, 2.75) is 27.2 Å². The SMILES string of the molecule is Cc1nc(C)c(C(=O)NCCc2nc(-c3ccccc3)c(C)s2)s1. The van der Waals surface area contributed by atoms with E-state index in [0.717, 1.165) is 33.4 Å². The van der Waals surface area contributed by atoms with Crippen molar-refractivity contribution in [3.05, 3.63) is 55.8 Å². The summed E-state index contributed by atoms with van der Waals surface area (Å²) >= 11 is 3.13. The van der Waals surface area contributed by atoms with Gasteiger partial charge in [-0.1, -0.05) is 30.3 Å². The predicted octanol–water partition coefficient (Wildman–Crippen LogP) is 4.16. The highest BCUT2D eigenvalue weighted by Gasteiger charge is 2.14. The van der Waals surface area contributed by atoms with Crippen LogP contribution in [0.3, 0.4) is 0 Å². The molecule has 0 bridgehead atoms. The minimum absolute atomic E-state index is 0.0466. The number of amides is 1. The molecule has 0 saturated carbocycles. The number of nitrogens with one attached hydrogen (secondary N) is 1. The van der Waals surface area contributed by atoms with Gasteiger partial charge in [-0.3, -0.25) is 4.79 Å². The van der Waals surface area contributed by atoms with Crippen LogP contribution in [-0.2, 0) is 6.42 Å². The summed E-state index contributed by atoms with van der Waals surface area (Å²) in [6.45, 7) is 6.45. The molecule has 3 aromatic rings. The number of nitrogens with zero attached hydrogens (tertiary/aromatic N) is 2. The first-order valence-corrected chi connectivity index (χ1v) is 9.42. The van der Waals surface area contributed by atoms with Crippen LogP contribution in [-0.4, -0.2) is 22.4 Å². The Morgan fingerprint density at radius 3 is 2.50 bits per heavy atom. The van der Waals surface area contributed by atoms with Crippen LogP contribution in [0.2, 0.25) is 0 Å². The van der Waals surface area contributed by atoms with Crippen LogP contribution in [0.4, 0.5) is 0 Å². The molecular formula is C18H19N3OS2. The molecule has 6 heteroatoms. The van der Waals surface area contributed by atoms with Crippen molar-refractivity contribution in [3.8, 4) is 11.3 Å². The fourth-order valence-corrected chi connectivity index (χ4v) is 4.32. The number of aromatic nitrogens is 2. The highest BCUT2D eigenvalue weighted by atomic mass is 32.1. The number of carbonyl (C=O) groups excluding carboxylic acids is 1. The molecule has 24 heavy (non-hydrogen) atoms. The molecule has 124 valence electrons. The van der Waals surface area contributed by atoms with E-state index in [0.29, 0.717) is 11.4 Å². The Morgan fingerprint density at radius 2 is 1.83 bits per heavy atom. The molecule has 0 radical (unpaired) electrons. The van der Waals surface area contributed by atoms with Gasteiger partial charge in [0.05, 0.1) is 21.4 Å². The van der Waals surface area contributed by atoms with Crippen LogP contribution < -0.4 is 5.32 Å². The molecule has 2 heterocycles. The quantitative estimate of drug-likeness (QED) is 0.746. The second-order valence-electron chi connectivity index (χ2n) is 5.53. The van der Waals surface area contributed by atoms with Crippen LogP contribution in [0, 0.1) is 20.8 Å². The van der Waals surface area contributed by atoms with E-state index in [2.05, 4.69) is 29.4 Å². The van der Waals surface area contributed by atoms with E-state index in [1.807, 2.05) is 32.0 Å². The summed E-state index contributed by atoms with van der Waals surface area (Å²) in [5.74, 6) is -0.0466. The van der Waals surface area contributed by atoms with Gasteiger partial charge in [0, 0.05) is 23.4 Å². The summed E-state index contributed by atoms with van der Waals surface area (Å²) in [7, 11) is 0. The Labute approximate surface area is 149 Å². The van der Waals surface area contributed by atoms with Crippen LogP contribution >= 0.6 is 22.7 Å². The zero-order chi connectivity index (χ0) is 17.1. The molecule has 0 aliphatic rings. The summed E-state index contributed by atoms with van der Waals surface area (Å²) in [6, 6.07) is 10.2. The third-order valence-corrected chi connectivity index (χ3v) is 5.72. The second-order valence-corrected chi connectivity index (χ2v) is 8.02. The van der Waals surface area contributed by atoms with Crippen molar-refractivity contribution in [1.82, 2.24) is 15.3 Å². The van der Waals surface area contributed by atoms with Gasteiger partial charge in [0.2, 0.25) is 0 Å². The van der Waals surface area contributed by atoms with Crippen molar-refractivity contribution < 1.29 is 4.79 Å². The molecule has 0 atom stereocenters. The largest absolute Gasteiger partial charge is 0.351 e. The third kappa shape index (κ3) is 3.71. The maximum absolute atomic E-state index is 12.2. The molecule has 0 aliphatic heterocycles. The molecule has 3 rings (SSSR count). The van der Waals surface area contributed by atoms with Crippen molar-refractivity contribution in [2.24, 2.45) is 0 Å². The van der Waals surface area contributed by atoms with E-state index in [4.69, 9.17) is 4.98 Å². The van der Waals surface area contributed by atoms with Gasteiger partial charge in [-0.15, -0.1) is 22.7 Å². The standard InChI is InChI=1S/C18H19N3OS2/c1-11-17(24-13(3)20-11)18(22)19-10-9-15-21-16(12(2)23-15)14-7-5-4-6-8-14/h4-8H,9-10H2,1-3H3,(H,19,22). The Kier molecular flexibility index (Phi) is 5.06. The van der Waals surface area contributed by atoms with Crippen LogP contribution in [0.5, 0.6) is 0 Å². The molecule has 1 aromatic carbocycles. The summed E-state index contributed by atoms with van der Waals surface area (Å²) in [5, 5.41) is 4.93. The molecule has 2 aromatic heterocycles. The lowest BCUT2D eigenvalue weighted by atomic mass is 10.1. The first kappa shape index (κ1) is 16.8. The summed E-state index contributed by atoms with van der Waals surface area (Å²) < 4.78 is 0. The minimum Gasteiger partial charge on any atom is -0.351 e. The lowest BCUT2D eigenvalue weighted by Gasteiger charge is -2.02. The van der Waals surface area contributed by atoms with Gasteiger partial charge < -0.3 is 5.32 Å². The Bertz CT molecular complexity index is 853. The molecule has 1 N–H and O–H groups in total. The number of hydrogen-bond acceptors (Lipinski definition) is 5. The highest BCUT2D eigenvalue weighted by Crippen LogP contribution is 2.27. The molecule has 0 unspecified atom stereocenters. The minimum atomic E-state index is -0.0466. The lowest BCUT2D eigenvalue weighted by Crippen LogP contribution is -2.25. The van der Waals surface area contributed by atoms with E-state index in [1.54, 1.807) is 11.3 Å². The highest BCUT2D eigenvalue weighted by molar-refractivity contribution is 7.13. The van der Waals surface area contributed by atoms with E-state index >= 15 is 0 Å². The fourth-order valence-electron chi connectivity index (χ4n) is 2.53. The summed E-state index contributed by atoms with van der Waals surface area (Å²) in [6.07, 6.45) is 0.737. The molecule has 4 nitrogen and oxygen atoms in total. The Morgan fingerprint density at radius 1 is 1.08 bits per heavy atom. The fraction of sp³-hybridized carbons (Fsp3) is 0.278. The van der Waals surface area contributed by atoms with Crippen molar-refractivity contribution in [3.63, 3.8) is 0 Å². The number of carbonyl (C=O) groups is 1. The van der Waals surface area contributed by atoms with Gasteiger partial charge >= 0.3 is 0 Å². The maximum Gasteiger partial charge on any atom is 0.263 e. The lowest BCUT2D eigenvalue weighted by molar-refractivity contribution is 0.0957.